The van der Waals surface area contributed by atoms with Gasteiger partial charge in [0, 0.05) is 41.3 Å². The molecule has 1 N–H and O–H groups in total. The first kappa shape index (κ1) is 21.2. The number of aromatic nitrogens is 3. The lowest BCUT2D eigenvalue weighted by atomic mass is 9.93. The SMILES string of the molecule is C=CC(=C)N1CCCC(c2cc3c(NC(C)c4cccc(Cl)c4F)ncnc3cn2)C1. The predicted octanol–water partition coefficient (Wildman–Crippen LogP) is 5.87. The van der Waals surface area contributed by atoms with E-state index >= 15 is 0 Å². The second-order valence-corrected chi connectivity index (χ2v) is 8.25. The fourth-order valence-electron chi connectivity index (χ4n) is 4.06. The Morgan fingerprint density at radius 1 is 1.35 bits per heavy atom. The molecule has 0 aliphatic carbocycles. The molecule has 1 aliphatic rings. The van der Waals surface area contributed by atoms with E-state index in [0.29, 0.717) is 11.4 Å². The zero-order valence-corrected chi connectivity index (χ0v) is 18.2. The topological polar surface area (TPSA) is 53.9 Å². The van der Waals surface area contributed by atoms with Crippen molar-refractivity contribution >= 4 is 28.3 Å². The van der Waals surface area contributed by atoms with Gasteiger partial charge in [-0.15, -0.1) is 0 Å². The van der Waals surface area contributed by atoms with Gasteiger partial charge in [0.2, 0.25) is 0 Å². The number of pyridine rings is 1. The van der Waals surface area contributed by atoms with Crippen LogP contribution < -0.4 is 5.32 Å². The van der Waals surface area contributed by atoms with Gasteiger partial charge in [-0.05, 0) is 38.0 Å². The first-order valence-electron chi connectivity index (χ1n) is 10.3. The number of nitrogens with zero attached hydrogens (tertiary/aromatic N) is 4. The van der Waals surface area contributed by atoms with Gasteiger partial charge >= 0.3 is 0 Å². The third kappa shape index (κ3) is 4.39. The Bertz CT molecular complexity index is 1130. The number of piperidine rings is 1. The second kappa shape index (κ2) is 9.02. The molecule has 0 amide bonds. The van der Waals surface area contributed by atoms with Crippen molar-refractivity contribution in [1.29, 1.82) is 0 Å². The second-order valence-electron chi connectivity index (χ2n) is 7.84. The average molecular weight is 438 g/mol. The van der Waals surface area contributed by atoms with Gasteiger partial charge in [0.1, 0.15) is 18.0 Å². The number of allylic oxidation sites excluding steroid dienone is 1. The molecule has 31 heavy (non-hydrogen) atoms. The summed E-state index contributed by atoms with van der Waals surface area (Å²) in [5, 5.41) is 4.29. The third-order valence-electron chi connectivity index (χ3n) is 5.83. The molecule has 0 spiro atoms. The molecule has 2 unspecified atom stereocenters. The van der Waals surface area contributed by atoms with Crippen LogP contribution in [0.25, 0.3) is 10.9 Å². The van der Waals surface area contributed by atoms with Crippen LogP contribution in [0.1, 0.15) is 43.0 Å². The van der Waals surface area contributed by atoms with E-state index in [2.05, 4.69) is 38.3 Å². The van der Waals surface area contributed by atoms with Crippen molar-refractivity contribution in [3.8, 4) is 0 Å². The number of anilines is 1. The number of fused-ring (bicyclic) bond motifs is 1. The maximum atomic E-state index is 14.5. The van der Waals surface area contributed by atoms with Crippen LogP contribution in [0.5, 0.6) is 0 Å². The molecule has 3 aromatic rings. The molecule has 2 aromatic heterocycles. The molecule has 0 radical (unpaired) electrons. The van der Waals surface area contributed by atoms with Crippen LogP contribution in [0.2, 0.25) is 5.02 Å². The largest absolute Gasteiger partial charge is 0.371 e. The fourth-order valence-corrected chi connectivity index (χ4v) is 4.24. The Morgan fingerprint density at radius 3 is 3.00 bits per heavy atom. The molecular weight excluding hydrogens is 413 g/mol. The molecule has 4 rings (SSSR count). The minimum absolute atomic E-state index is 0.105. The maximum Gasteiger partial charge on any atom is 0.147 e. The van der Waals surface area contributed by atoms with Gasteiger partial charge in [0.15, 0.2) is 0 Å². The van der Waals surface area contributed by atoms with Crippen molar-refractivity contribution in [3.05, 3.63) is 83.8 Å². The van der Waals surface area contributed by atoms with Crippen LogP contribution >= 0.6 is 11.6 Å². The molecule has 0 bridgehead atoms. The monoisotopic (exact) mass is 437 g/mol. The Morgan fingerprint density at radius 2 is 2.19 bits per heavy atom. The normalized spacial score (nSPS) is 17.4. The van der Waals surface area contributed by atoms with Crippen molar-refractivity contribution in [2.45, 2.75) is 31.7 Å². The standard InChI is InChI=1S/C24H25ClFN5/c1-4-15(2)31-10-6-7-17(13-31)21-11-19-22(12-27-21)28-14-29-24(19)30-16(3)18-8-5-9-20(25)23(18)26/h4-5,8-9,11-12,14,16-17H,1-2,6-7,10,13H2,3H3,(H,28,29,30). The predicted molar refractivity (Wildman–Crippen MR) is 124 cm³/mol. The highest BCUT2D eigenvalue weighted by atomic mass is 35.5. The highest BCUT2D eigenvalue weighted by molar-refractivity contribution is 6.30. The van der Waals surface area contributed by atoms with E-state index in [0.717, 1.165) is 48.2 Å². The summed E-state index contributed by atoms with van der Waals surface area (Å²) in [6.07, 6.45) is 7.19. The summed E-state index contributed by atoms with van der Waals surface area (Å²) >= 11 is 5.95. The minimum atomic E-state index is -0.422. The highest BCUT2D eigenvalue weighted by Crippen LogP contribution is 2.32. The van der Waals surface area contributed by atoms with Gasteiger partial charge in [-0.2, -0.15) is 0 Å². The lowest BCUT2D eigenvalue weighted by molar-refractivity contribution is 0.264. The summed E-state index contributed by atoms with van der Waals surface area (Å²) in [6, 6.07) is 6.72. The zero-order valence-electron chi connectivity index (χ0n) is 17.5. The van der Waals surface area contributed by atoms with Crippen LogP contribution in [0.4, 0.5) is 10.2 Å². The summed E-state index contributed by atoms with van der Waals surface area (Å²) in [6.45, 7) is 11.6. The first-order chi connectivity index (χ1) is 15.0. The van der Waals surface area contributed by atoms with Crippen molar-refractivity contribution in [2.24, 2.45) is 0 Å². The molecular formula is C24H25ClFN5. The van der Waals surface area contributed by atoms with E-state index in [4.69, 9.17) is 11.6 Å². The van der Waals surface area contributed by atoms with Gasteiger partial charge in [-0.3, -0.25) is 4.98 Å². The van der Waals surface area contributed by atoms with Gasteiger partial charge in [-0.25, -0.2) is 14.4 Å². The number of benzene rings is 1. The van der Waals surface area contributed by atoms with Crippen molar-refractivity contribution in [3.63, 3.8) is 0 Å². The molecule has 160 valence electrons. The van der Waals surface area contributed by atoms with Gasteiger partial charge in [-0.1, -0.05) is 36.9 Å². The zero-order chi connectivity index (χ0) is 22.0. The number of halogens is 2. The third-order valence-corrected chi connectivity index (χ3v) is 6.12. The van der Waals surface area contributed by atoms with E-state index in [1.54, 1.807) is 30.5 Å². The van der Waals surface area contributed by atoms with E-state index in [9.17, 15) is 4.39 Å². The summed E-state index contributed by atoms with van der Waals surface area (Å²) in [5.41, 5.74) is 3.16. The molecule has 1 aromatic carbocycles. The highest BCUT2D eigenvalue weighted by Gasteiger charge is 2.23. The molecule has 7 heteroatoms. The van der Waals surface area contributed by atoms with Crippen molar-refractivity contribution in [2.75, 3.05) is 18.4 Å². The van der Waals surface area contributed by atoms with E-state index < -0.39 is 5.82 Å². The number of nitrogens with one attached hydrogen (secondary N) is 1. The van der Waals surface area contributed by atoms with Gasteiger partial charge in [0.25, 0.3) is 0 Å². The summed E-state index contributed by atoms with van der Waals surface area (Å²) in [5.74, 6) is 0.504. The lowest BCUT2D eigenvalue weighted by Gasteiger charge is -2.34. The van der Waals surface area contributed by atoms with Crippen LogP contribution in [0.3, 0.4) is 0 Å². The number of rotatable bonds is 6. The molecule has 5 nitrogen and oxygen atoms in total. The number of hydrogen-bond donors (Lipinski definition) is 1. The molecule has 1 aliphatic heterocycles. The molecule has 1 saturated heterocycles. The van der Waals surface area contributed by atoms with Crippen molar-refractivity contribution < 1.29 is 4.39 Å². The Kier molecular flexibility index (Phi) is 6.18. The average Bonchev–Trinajstić information content (AvgIpc) is 2.80. The van der Waals surface area contributed by atoms with E-state index in [1.807, 2.05) is 13.0 Å². The van der Waals surface area contributed by atoms with E-state index in [1.165, 1.54) is 6.33 Å². The van der Waals surface area contributed by atoms with Gasteiger partial charge < -0.3 is 10.2 Å². The molecule has 1 fully saturated rings. The Labute approximate surface area is 186 Å². The number of hydrogen-bond acceptors (Lipinski definition) is 5. The smallest absolute Gasteiger partial charge is 0.147 e. The first-order valence-corrected chi connectivity index (χ1v) is 10.7. The maximum absolute atomic E-state index is 14.5. The number of likely N-dealkylation sites (tertiary alicyclic amines) is 1. The van der Waals surface area contributed by atoms with Crippen LogP contribution in [0.15, 0.2) is 61.7 Å². The van der Waals surface area contributed by atoms with Crippen LogP contribution in [0, 0.1) is 5.82 Å². The quantitative estimate of drug-likeness (QED) is 0.489. The summed E-state index contributed by atoms with van der Waals surface area (Å²) in [7, 11) is 0. The van der Waals surface area contributed by atoms with Crippen LogP contribution in [-0.2, 0) is 0 Å². The summed E-state index contributed by atoms with van der Waals surface area (Å²) < 4.78 is 14.5. The fraction of sp³-hybridized carbons (Fsp3) is 0.292. The Hall–Kier alpha value is -2.99. The minimum Gasteiger partial charge on any atom is -0.371 e. The van der Waals surface area contributed by atoms with Gasteiger partial charge in [0.05, 0.1) is 22.8 Å². The molecule has 3 heterocycles. The lowest BCUT2D eigenvalue weighted by Crippen LogP contribution is -2.33. The summed E-state index contributed by atoms with van der Waals surface area (Å²) in [4.78, 5) is 15.7. The van der Waals surface area contributed by atoms with E-state index in [-0.39, 0.29) is 17.0 Å². The Balaban J connectivity index is 1.64. The van der Waals surface area contributed by atoms with Crippen LogP contribution in [-0.4, -0.2) is 32.9 Å². The van der Waals surface area contributed by atoms with Crippen molar-refractivity contribution in [1.82, 2.24) is 19.9 Å². The molecule has 0 saturated carbocycles. The molecule has 2 atom stereocenters.